The minimum absolute atomic E-state index is 0.101. The highest BCUT2D eigenvalue weighted by Crippen LogP contribution is 2.29. The molecule has 1 saturated heterocycles. The first-order valence-corrected chi connectivity index (χ1v) is 5.89. The molecule has 0 aromatic rings. The minimum Gasteiger partial charge on any atom is -0.479 e. The molecule has 0 spiro atoms. The average molecular weight is 241 g/mol. The van der Waals surface area contributed by atoms with Crippen molar-refractivity contribution >= 4 is 11.9 Å². The lowest BCUT2D eigenvalue weighted by Gasteiger charge is -2.24. The number of allylic oxidation sites excluding steroid dienone is 2. The second-order valence-corrected chi connectivity index (χ2v) is 4.76. The molecule has 17 heavy (non-hydrogen) atoms. The van der Waals surface area contributed by atoms with Gasteiger partial charge in [0, 0.05) is 18.9 Å². The van der Waals surface area contributed by atoms with Crippen LogP contribution in [0.3, 0.4) is 0 Å². The number of aliphatic carboxylic acids is 1. The van der Waals surface area contributed by atoms with Gasteiger partial charge in [-0.2, -0.15) is 0 Å². The Hall–Kier alpha value is -1.39. The molecule has 1 amide bonds. The van der Waals surface area contributed by atoms with Gasteiger partial charge in [0.2, 0.25) is 11.6 Å². The highest BCUT2D eigenvalue weighted by Gasteiger charge is 2.47. The number of carbonyl (C=O) groups is 2. The molecule has 1 fully saturated rings. The van der Waals surface area contributed by atoms with Crippen LogP contribution in [0.4, 0.5) is 4.39 Å². The van der Waals surface area contributed by atoms with Gasteiger partial charge in [0.25, 0.3) is 0 Å². The predicted octanol–water partition coefficient (Wildman–Crippen LogP) is 1.37. The van der Waals surface area contributed by atoms with E-state index in [-0.39, 0.29) is 31.3 Å². The maximum atomic E-state index is 13.8. The number of alkyl halides is 1. The van der Waals surface area contributed by atoms with Gasteiger partial charge in [-0.1, -0.05) is 12.2 Å². The molecule has 2 unspecified atom stereocenters. The van der Waals surface area contributed by atoms with Crippen LogP contribution < -0.4 is 0 Å². The molecule has 4 nitrogen and oxygen atoms in total. The van der Waals surface area contributed by atoms with Crippen molar-refractivity contribution < 1.29 is 19.1 Å². The molecule has 0 saturated carbocycles. The van der Waals surface area contributed by atoms with E-state index in [1.54, 1.807) is 0 Å². The van der Waals surface area contributed by atoms with E-state index >= 15 is 0 Å². The Morgan fingerprint density at radius 1 is 1.41 bits per heavy atom. The monoisotopic (exact) mass is 241 g/mol. The maximum absolute atomic E-state index is 13.8. The zero-order chi connectivity index (χ0) is 12.5. The van der Waals surface area contributed by atoms with Crippen molar-refractivity contribution in [1.29, 1.82) is 0 Å². The lowest BCUT2D eigenvalue weighted by Crippen LogP contribution is -2.41. The van der Waals surface area contributed by atoms with E-state index in [9.17, 15) is 14.0 Å². The van der Waals surface area contributed by atoms with Crippen LogP contribution in [0, 0.1) is 5.92 Å². The second kappa shape index (κ2) is 4.47. The summed E-state index contributed by atoms with van der Waals surface area (Å²) in [5, 5.41) is 8.76. The second-order valence-electron chi connectivity index (χ2n) is 4.76. The first-order chi connectivity index (χ1) is 8.03. The Morgan fingerprint density at radius 3 is 2.71 bits per heavy atom. The van der Waals surface area contributed by atoms with Crippen LogP contribution in [0.2, 0.25) is 0 Å². The summed E-state index contributed by atoms with van der Waals surface area (Å²) in [6, 6.07) is 0. The summed E-state index contributed by atoms with van der Waals surface area (Å²) in [5.41, 5.74) is -2.25. The zero-order valence-corrected chi connectivity index (χ0v) is 9.56. The molecule has 0 radical (unpaired) electrons. The zero-order valence-electron chi connectivity index (χ0n) is 9.56. The normalized spacial score (nSPS) is 32.8. The lowest BCUT2D eigenvalue weighted by molar-refractivity contribution is -0.150. The molecule has 2 rings (SSSR count). The van der Waals surface area contributed by atoms with Gasteiger partial charge in [0.05, 0.1) is 6.54 Å². The van der Waals surface area contributed by atoms with Crippen LogP contribution in [-0.4, -0.2) is 40.6 Å². The van der Waals surface area contributed by atoms with E-state index in [1.807, 2.05) is 12.2 Å². The van der Waals surface area contributed by atoms with Crippen molar-refractivity contribution in [2.75, 3.05) is 13.1 Å². The molecule has 2 aliphatic rings. The Bertz CT molecular complexity index is 369. The number of carbonyl (C=O) groups excluding carboxylic acids is 1. The minimum atomic E-state index is -2.25. The van der Waals surface area contributed by atoms with Gasteiger partial charge in [-0.05, 0) is 19.3 Å². The highest BCUT2D eigenvalue weighted by atomic mass is 19.1. The first-order valence-electron chi connectivity index (χ1n) is 5.89. The number of nitrogens with zero attached hydrogens (tertiary/aromatic N) is 1. The number of carboxylic acid groups (broad SMARTS) is 1. The molecule has 0 aromatic heterocycles. The Labute approximate surface area is 99.1 Å². The summed E-state index contributed by atoms with van der Waals surface area (Å²) in [5.74, 6) is -1.66. The molecule has 0 bridgehead atoms. The molecular weight excluding hydrogens is 225 g/mol. The highest BCUT2D eigenvalue weighted by molar-refractivity contribution is 5.83. The van der Waals surface area contributed by atoms with Crippen LogP contribution in [0.15, 0.2) is 12.2 Å². The van der Waals surface area contributed by atoms with E-state index in [0.29, 0.717) is 6.42 Å². The van der Waals surface area contributed by atoms with Crippen molar-refractivity contribution in [3.8, 4) is 0 Å². The van der Waals surface area contributed by atoms with E-state index < -0.39 is 11.6 Å². The number of rotatable bonds is 2. The average Bonchev–Trinajstić information content (AvgIpc) is 2.74. The number of likely N-dealkylation sites (tertiary alicyclic amines) is 1. The summed E-state index contributed by atoms with van der Waals surface area (Å²) in [7, 11) is 0. The quantitative estimate of drug-likeness (QED) is 0.743. The summed E-state index contributed by atoms with van der Waals surface area (Å²) in [4.78, 5) is 24.1. The fourth-order valence-corrected chi connectivity index (χ4v) is 2.41. The maximum Gasteiger partial charge on any atom is 0.343 e. The topological polar surface area (TPSA) is 57.6 Å². The molecule has 1 aliphatic carbocycles. The van der Waals surface area contributed by atoms with E-state index in [4.69, 9.17) is 5.11 Å². The van der Waals surface area contributed by atoms with Crippen LogP contribution in [0.5, 0.6) is 0 Å². The molecule has 2 atom stereocenters. The number of carboxylic acids is 1. The molecule has 1 N–H and O–H groups in total. The predicted molar refractivity (Wildman–Crippen MR) is 59.2 cm³/mol. The van der Waals surface area contributed by atoms with Crippen LogP contribution in [-0.2, 0) is 9.59 Å². The molecule has 0 aromatic carbocycles. The third-order valence-corrected chi connectivity index (χ3v) is 3.53. The fourth-order valence-electron chi connectivity index (χ4n) is 2.41. The van der Waals surface area contributed by atoms with Gasteiger partial charge in [0.15, 0.2) is 0 Å². The third-order valence-electron chi connectivity index (χ3n) is 3.53. The van der Waals surface area contributed by atoms with Gasteiger partial charge in [-0.25, -0.2) is 9.18 Å². The number of halogens is 1. The van der Waals surface area contributed by atoms with Gasteiger partial charge in [0.1, 0.15) is 0 Å². The summed E-state index contributed by atoms with van der Waals surface area (Å²) >= 11 is 0. The molecule has 1 heterocycles. The van der Waals surface area contributed by atoms with Crippen molar-refractivity contribution in [3.63, 3.8) is 0 Å². The molecule has 1 aliphatic heterocycles. The Balaban J connectivity index is 1.98. The van der Waals surface area contributed by atoms with Gasteiger partial charge in [-0.3, -0.25) is 4.79 Å². The molecule has 5 heteroatoms. The third kappa shape index (κ3) is 2.33. The van der Waals surface area contributed by atoms with Crippen molar-refractivity contribution in [3.05, 3.63) is 12.2 Å². The summed E-state index contributed by atoms with van der Waals surface area (Å²) < 4.78 is 13.8. The van der Waals surface area contributed by atoms with Crippen molar-refractivity contribution in [2.24, 2.45) is 5.92 Å². The van der Waals surface area contributed by atoms with Gasteiger partial charge >= 0.3 is 5.97 Å². The number of amides is 1. The SMILES string of the molecule is O=C(C1CC=CCC1)N1CCC(F)(C(=O)O)C1. The van der Waals surface area contributed by atoms with Crippen LogP contribution in [0.25, 0.3) is 0 Å². The largest absolute Gasteiger partial charge is 0.479 e. The van der Waals surface area contributed by atoms with Gasteiger partial charge < -0.3 is 10.0 Å². The Morgan fingerprint density at radius 2 is 2.18 bits per heavy atom. The van der Waals surface area contributed by atoms with E-state index in [1.165, 1.54) is 4.90 Å². The van der Waals surface area contributed by atoms with E-state index in [2.05, 4.69) is 0 Å². The molecule has 94 valence electrons. The van der Waals surface area contributed by atoms with Gasteiger partial charge in [-0.15, -0.1) is 0 Å². The molecular formula is C12H16FNO3. The van der Waals surface area contributed by atoms with Crippen LogP contribution in [0.1, 0.15) is 25.7 Å². The fraction of sp³-hybridized carbons (Fsp3) is 0.667. The van der Waals surface area contributed by atoms with Crippen LogP contribution >= 0.6 is 0 Å². The number of hydrogen-bond acceptors (Lipinski definition) is 2. The smallest absolute Gasteiger partial charge is 0.343 e. The van der Waals surface area contributed by atoms with Crippen molar-refractivity contribution in [2.45, 2.75) is 31.4 Å². The lowest BCUT2D eigenvalue weighted by atomic mass is 9.93. The first kappa shape index (κ1) is 12.1. The summed E-state index contributed by atoms with van der Waals surface area (Å²) in [6.45, 7) is -0.0940. The summed E-state index contributed by atoms with van der Waals surface area (Å²) in [6.07, 6.45) is 6.22. The number of hydrogen-bond donors (Lipinski definition) is 1. The standard InChI is InChI=1S/C12H16FNO3/c13-12(11(16)17)6-7-14(8-12)10(15)9-4-2-1-3-5-9/h1-2,9H,3-8H2,(H,16,17). The Kier molecular flexibility index (Phi) is 3.17. The van der Waals surface area contributed by atoms with E-state index in [0.717, 1.165) is 12.8 Å². The van der Waals surface area contributed by atoms with Crippen molar-refractivity contribution in [1.82, 2.24) is 4.90 Å².